The summed E-state index contributed by atoms with van der Waals surface area (Å²) in [4.78, 5) is 0. The van der Waals surface area contributed by atoms with E-state index >= 15 is 0 Å². The molecular formula is C16H36N2. The fourth-order valence-corrected chi connectivity index (χ4v) is 2.54. The largest absolute Gasteiger partial charge is 0.328 e. The zero-order chi connectivity index (χ0) is 14.0. The van der Waals surface area contributed by atoms with E-state index in [1.165, 1.54) is 38.5 Å². The fraction of sp³-hybridized carbons (Fsp3) is 1.00. The Bertz CT molecular complexity index is 190. The molecule has 0 aromatic heterocycles. The molecule has 110 valence electrons. The summed E-state index contributed by atoms with van der Waals surface area (Å²) >= 11 is 0. The molecule has 0 bridgehead atoms. The Hall–Kier alpha value is -0.0800. The molecule has 3 N–H and O–H groups in total. The van der Waals surface area contributed by atoms with Gasteiger partial charge in [0, 0.05) is 11.6 Å². The zero-order valence-corrected chi connectivity index (χ0v) is 13.4. The lowest BCUT2D eigenvalue weighted by Gasteiger charge is -2.33. The molecule has 0 spiro atoms. The molecule has 0 aromatic carbocycles. The first-order valence-corrected chi connectivity index (χ1v) is 7.90. The van der Waals surface area contributed by atoms with Crippen LogP contribution < -0.4 is 11.1 Å². The molecule has 0 aliphatic heterocycles. The van der Waals surface area contributed by atoms with Gasteiger partial charge >= 0.3 is 0 Å². The highest BCUT2D eigenvalue weighted by Crippen LogP contribution is 2.21. The highest BCUT2D eigenvalue weighted by molar-refractivity contribution is 4.86. The lowest BCUT2D eigenvalue weighted by atomic mass is 9.87. The second kappa shape index (κ2) is 9.80. The van der Waals surface area contributed by atoms with Crippen molar-refractivity contribution >= 4 is 0 Å². The molecule has 2 atom stereocenters. The molecule has 0 heterocycles. The van der Waals surface area contributed by atoms with Crippen LogP contribution in [0.25, 0.3) is 0 Å². The normalized spacial score (nSPS) is 16.8. The third-order valence-electron chi connectivity index (χ3n) is 3.54. The van der Waals surface area contributed by atoms with Crippen molar-refractivity contribution in [2.45, 2.75) is 91.1 Å². The van der Waals surface area contributed by atoms with Gasteiger partial charge in [0.05, 0.1) is 0 Å². The predicted octanol–water partition coefficient (Wildman–Crippen LogP) is 4.09. The van der Waals surface area contributed by atoms with Gasteiger partial charge in [-0.1, -0.05) is 52.9 Å². The Morgan fingerprint density at radius 1 is 1.06 bits per heavy atom. The predicted molar refractivity (Wildman–Crippen MR) is 82.9 cm³/mol. The van der Waals surface area contributed by atoms with Crippen molar-refractivity contribution in [3.63, 3.8) is 0 Å². The van der Waals surface area contributed by atoms with Crippen molar-refractivity contribution in [3.05, 3.63) is 0 Å². The molecule has 0 saturated heterocycles. The quantitative estimate of drug-likeness (QED) is 0.546. The van der Waals surface area contributed by atoms with Gasteiger partial charge in [0.2, 0.25) is 0 Å². The van der Waals surface area contributed by atoms with Gasteiger partial charge in [0.1, 0.15) is 0 Å². The highest BCUT2D eigenvalue weighted by Gasteiger charge is 2.24. The van der Waals surface area contributed by atoms with Crippen molar-refractivity contribution in [1.29, 1.82) is 0 Å². The topological polar surface area (TPSA) is 38.0 Å². The first kappa shape index (κ1) is 17.9. The third kappa shape index (κ3) is 9.90. The second-order valence-corrected chi connectivity index (χ2v) is 6.68. The van der Waals surface area contributed by atoms with Gasteiger partial charge in [-0.05, 0) is 39.2 Å². The van der Waals surface area contributed by atoms with Crippen LogP contribution in [0, 0.1) is 5.92 Å². The Balaban J connectivity index is 4.03. The van der Waals surface area contributed by atoms with E-state index in [0.29, 0.717) is 5.92 Å². The first-order chi connectivity index (χ1) is 8.39. The van der Waals surface area contributed by atoms with Crippen LogP contribution in [0.4, 0.5) is 0 Å². The molecule has 2 nitrogen and oxygen atoms in total. The summed E-state index contributed by atoms with van der Waals surface area (Å²) in [5.41, 5.74) is 6.22. The monoisotopic (exact) mass is 256 g/mol. The van der Waals surface area contributed by atoms with E-state index in [1.54, 1.807) is 0 Å². The van der Waals surface area contributed by atoms with Gasteiger partial charge in [-0.15, -0.1) is 0 Å². The van der Waals surface area contributed by atoms with E-state index in [2.05, 4.69) is 39.9 Å². The van der Waals surface area contributed by atoms with Crippen LogP contribution in [0.1, 0.15) is 79.6 Å². The van der Waals surface area contributed by atoms with Gasteiger partial charge in [-0.3, -0.25) is 0 Å². The Kier molecular flexibility index (Phi) is 9.76. The zero-order valence-electron chi connectivity index (χ0n) is 13.4. The standard InChI is InChI=1S/C16H36N2/c1-6-7-8-9-10-11-16(5,12-15(4)17)18-13-14(2)3/h14-15,18H,6-13,17H2,1-5H3. The SMILES string of the molecule is CCCCCCCC(C)(CC(C)N)NCC(C)C. The minimum absolute atomic E-state index is 0.227. The first-order valence-electron chi connectivity index (χ1n) is 7.90. The fourth-order valence-electron chi connectivity index (χ4n) is 2.54. The van der Waals surface area contributed by atoms with Gasteiger partial charge in [-0.2, -0.15) is 0 Å². The molecule has 0 rings (SSSR count). The summed E-state index contributed by atoms with van der Waals surface area (Å²) < 4.78 is 0. The van der Waals surface area contributed by atoms with Gasteiger partial charge < -0.3 is 11.1 Å². The average Bonchev–Trinajstić information content (AvgIpc) is 2.25. The molecule has 0 aromatic rings. The Labute approximate surface area is 115 Å². The maximum absolute atomic E-state index is 6.00. The molecule has 0 amide bonds. The number of hydrogen-bond acceptors (Lipinski definition) is 2. The Morgan fingerprint density at radius 3 is 2.17 bits per heavy atom. The van der Waals surface area contributed by atoms with Crippen molar-refractivity contribution in [2.75, 3.05) is 6.54 Å². The number of nitrogens with one attached hydrogen (secondary N) is 1. The molecule has 2 heteroatoms. The summed E-state index contributed by atoms with van der Waals surface area (Å²) in [7, 11) is 0. The smallest absolute Gasteiger partial charge is 0.0168 e. The lowest BCUT2D eigenvalue weighted by Crippen LogP contribution is -2.47. The van der Waals surface area contributed by atoms with E-state index in [0.717, 1.165) is 13.0 Å². The van der Waals surface area contributed by atoms with Gasteiger partial charge in [0.25, 0.3) is 0 Å². The summed E-state index contributed by atoms with van der Waals surface area (Å²) in [6.45, 7) is 12.4. The van der Waals surface area contributed by atoms with Crippen LogP contribution >= 0.6 is 0 Å². The van der Waals surface area contributed by atoms with Gasteiger partial charge in [0.15, 0.2) is 0 Å². The molecule has 0 fully saturated rings. The van der Waals surface area contributed by atoms with E-state index < -0.39 is 0 Å². The van der Waals surface area contributed by atoms with Crippen LogP contribution in [0.2, 0.25) is 0 Å². The van der Waals surface area contributed by atoms with E-state index in [9.17, 15) is 0 Å². The van der Waals surface area contributed by atoms with E-state index in [-0.39, 0.29) is 11.6 Å². The maximum Gasteiger partial charge on any atom is 0.0168 e. The molecule has 0 saturated carbocycles. The maximum atomic E-state index is 6.00. The van der Waals surface area contributed by atoms with Crippen molar-refractivity contribution < 1.29 is 0 Å². The van der Waals surface area contributed by atoms with Crippen LogP contribution in [0.15, 0.2) is 0 Å². The molecule has 0 radical (unpaired) electrons. The molecule has 2 unspecified atom stereocenters. The molecule has 18 heavy (non-hydrogen) atoms. The van der Waals surface area contributed by atoms with E-state index in [1.807, 2.05) is 0 Å². The molecular weight excluding hydrogens is 220 g/mol. The van der Waals surface area contributed by atoms with Crippen molar-refractivity contribution in [2.24, 2.45) is 11.7 Å². The molecule has 0 aliphatic rings. The third-order valence-corrected chi connectivity index (χ3v) is 3.54. The van der Waals surface area contributed by atoms with Crippen LogP contribution in [-0.4, -0.2) is 18.1 Å². The lowest BCUT2D eigenvalue weighted by molar-refractivity contribution is 0.270. The number of hydrogen-bond donors (Lipinski definition) is 2. The summed E-state index contributed by atoms with van der Waals surface area (Å²) in [6, 6.07) is 0.283. The summed E-state index contributed by atoms with van der Waals surface area (Å²) in [5.74, 6) is 0.706. The van der Waals surface area contributed by atoms with Crippen molar-refractivity contribution in [3.8, 4) is 0 Å². The van der Waals surface area contributed by atoms with Crippen LogP contribution in [0.5, 0.6) is 0 Å². The summed E-state index contributed by atoms with van der Waals surface area (Å²) in [6.07, 6.45) is 9.11. The number of unbranched alkanes of at least 4 members (excludes halogenated alkanes) is 4. The minimum atomic E-state index is 0.227. The van der Waals surface area contributed by atoms with Crippen LogP contribution in [0.3, 0.4) is 0 Å². The number of nitrogens with two attached hydrogens (primary N) is 1. The highest BCUT2D eigenvalue weighted by atomic mass is 15.0. The summed E-state index contributed by atoms with van der Waals surface area (Å²) in [5, 5.41) is 3.74. The average molecular weight is 256 g/mol. The van der Waals surface area contributed by atoms with E-state index in [4.69, 9.17) is 5.73 Å². The number of rotatable bonds is 11. The minimum Gasteiger partial charge on any atom is -0.328 e. The van der Waals surface area contributed by atoms with Gasteiger partial charge in [-0.25, -0.2) is 0 Å². The van der Waals surface area contributed by atoms with Crippen LogP contribution in [-0.2, 0) is 0 Å². The second-order valence-electron chi connectivity index (χ2n) is 6.68. The Morgan fingerprint density at radius 2 is 1.67 bits per heavy atom. The molecule has 0 aliphatic carbocycles. The van der Waals surface area contributed by atoms with Crippen molar-refractivity contribution in [1.82, 2.24) is 5.32 Å².